The highest BCUT2D eigenvalue weighted by atomic mass is 19.2. The topological polar surface area (TPSA) is 26.3 Å². The maximum atomic E-state index is 12.6. The maximum absolute atomic E-state index is 12.6. The van der Waals surface area contributed by atoms with Gasteiger partial charge >= 0.3 is 0 Å². The molecule has 0 fully saturated rings. The molecule has 0 bridgehead atoms. The van der Waals surface area contributed by atoms with Crippen LogP contribution in [0.15, 0.2) is 12.1 Å². The summed E-state index contributed by atoms with van der Waals surface area (Å²) < 4.78 is 30.1. The predicted octanol–water partition coefficient (Wildman–Crippen LogP) is 1.85. The maximum Gasteiger partial charge on any atom is 0.162 e. The van der Waals surface area contributed by atoms with Crippen molar-refractivity contribution in [2.75, 3.05) is 6.61 Å². The molecule has 1 rings (SSSR count). The second-order valence-electron chi connectivity index (χ2n) is 2.51. The van der Waals surface area contributed by atoms with Crippen LogP contribution >= 0.6 is 0 Å². The van der Waals surface area contributed by atoms with Gasteiger partial charge in [-0.15, -0.1) is 0 Å². The summed E-state index contributed by atoms with van der Waals surface area (Å²) in [6.45, 7) is 1.41. The zero-order valence-corrected chi connectivity index (χ0v) is 7.01. The Balaban J connectivity index is 2.94. The molecule has 0 aromatic heterocycles. The zero-order valence-electron chi connectivity index (χ0n) is 7.01. The van der Waals surface area contributed by atoms with Crippen molar-refractivity contribution < 1.29 is 18.3 Å². The van der Waals surface area contributed by atoms with Gasteiger partial charge in [0, 0.05) is 6.07 Å². The van der Waals surface area contributed by atoms with Gasteiger partial charge in [-0.2, -0.15) is 0 Å². The molecule has 2 nitrogen and oxygen atoms in total. The van der Waals surface area contributed by atoms with Crippen LogP contribution in [-0.2, 0) is 4.79 Å². The smallest absolute Gasteiger partial charge is 0.162 e. The molecule has 0 saturated heterocycles. The number of aryl methyl sites for hydroxylation is 1. The second-order valence-corrected chi connectivity index (χ2v) is 2.51. The number of carbonyl (C=O) groups excluding carboxylic acids is 1. The van der Waals surface area contributed by atoms with Crippen molar-refractivity contribution in [3.05, 3.63) is 29.3 Å². The normalized spacial score (nSPS) is 9.77. The molecule has 0 radical (unpaired) electrons. The lowest BCUT2D eigenvalue weighted by Gasteiger charge is -2.06. The minimum atomic E-state index is -0.980. The van der Waals surface area contributed by atoms with Crippen molar-refractivity contribution in [3.63, 3.8) is 0 Å². The molecule has 0 unspecified atom stereocenters. The first-order valence-corrected chi connectivity index (χ1v) is 3.67. The molecule has 1 aromatic carbocycles. The Morgan fingerprint density at radius 1 is 1.38 bits per heavy atom. The SMILES string of the molecule is Cc1cc(F)c(F)cc1OCC=O. The average molecular weight is 186 g/mol. The summed E-state index contributed by atoms with van der Waals surface area (Å²) in [6.07, 6.45) is 0.542. The van der Waals surface area contributed by atoms with Crippen LogP contribution < -0.4 is 4.74 Å². The number of ether oxygens (including phenoxy) is 1. The summed E-state index contributed by atoms with van der Waals surface area (Å²) in [6, 6.07) is 1.95. The summed E-state index contributed by atoms with van der Waals surface area (Å²) in [5, 5.41) is 0. The van der Waals surface area contributed by atoms with Gasteiger partial charge in [-0.05, 0) is 18.6 Å². The highest BCUT2D eigenvalue weighted by molar-refractivity contribution is 5.51. The summed E-state index contributed by atoms with van der Waals surface area (Å²) in [7, 11) is 0. The molecule has 0 heterocycles. The predicted molar refractivity (Wildman–Crippen MR) is 42.7 cm³/mol. The molecule has 4 heteroatoms. The third-order valence-electron chi connectivity index (χ3n) is 1.52. The van der Waals surface area contributed by atoms with Crippen molar-refractivity contribution in [1.29, 1.82) is 0 Å². The van der Waals surface area contributed by atoms with Crippen LogP contribution in [0.5, 0.6) is 5.75 Å². The molecule has 13 heavy (non-hydrogen) atoms. The molecule has 0 aliphatic rings. The van der Waals surface area contributed by atoms with Gasteiger partial charge in [-0.3, -0.25) is 4.79 Å². The van der Waals surface area contributed by atoms with Crippen LogP contribution in [0.1, 0.15) is 5.56 Å². The van der Waals surface area contributed by atoms with Crippen LogP contribution in [0, 0.1) is 18.6 Å². The van der Waals surface area contributed by atoms with Crippen LogP contribution in [0.4, 0.5) is 8.78 Å². The van der Waals surface area contributed by atoms with Crippen LogP contribution in [0.3, 0.4) is 0 Å². The molecule has 0 N–H and O–H groups in total. The van der Waals surface area contributed by atoms with Crippen LogP contribution in [0.2, 0.25) is 0 Å². The Kier molecular flexibility index (Phi) is 2.95. The Labute approximate surface area is 74.1 Å². The van der Waals surface area contributed by atoms with Crippen molar-refractivity contribution in [1.82, 2.24) is 0 Å². The first kappa shape index (κ1) is 9.64. The minimum Gasteiger partial charge on any atom is -0.486 e. The molecule has 0 aliphatic carbocycles. The van der Waals surface area contributed by atoms with E-state index < -0.39 is 11.6 Å². The summed E-state index contributed by atoms with van der Waals surface area (Å²) in [4.78, 5) is 9.95. The van der Waals surface area contributed by atoms with Gasteiger partial charge in [0.05, 0.1) is 0 Å². The summed E-state index contributed by atoms with van der Waals surface area (Å²) >= 11 is 0. The average Bonchev–Trinajstić information content (AvgIpc) is 2.09. The van der Waals surface area contributed by atoms with Crippen molar-refractivity contribution in [2.45, 2.75) is 6.92 Å². The molecule has 0 amide bonds. The second kappa shape index (κ2) is 3.98. The van der Waals surface area contributed by atoms with E-state index in [1.807, 2.05) is 0 Å². The van der Waals surface area contributed by atoms with E-state index in [2.05, 4.69) is 0 Å². The molecule has 0 atom stereocenters. The first-order valence-electron chi connectivity index (χ1n) is 3.67. The van der Waals surface area contributed by atoms with E-state index in [0.717, 1.165) is 12.1 Å². The lowest BCUT2D eigenvalue weighted by molar-refractivity contribution is -0.109. The Morgan fingerprint density at radius 2 is 2.00 bits per heavy atom. The quantitative estimate of drug-likeness (QED) is 0.673. The lowest BCUT2D eigenvalue weighted by Crippen LogP contribution is -2.00. The number of aldehydes is 1. The Morgan fingerprint density at radius 3 is 2.62 bits per heavy atom. The van der Waals surface area contributed by atoms with E-state index in [-0.39, 0.29) is 12.4 Å². The van der Waals surface area contributed by atoms with Gasteiger partial charge in [-0.1, -0.05) is 0 Å². The fourth-order valence-electron chi connectivity index (χ4n) is 0.907. The van der Waals surface area contributed by atoms with E-state index >= 15 is 0 Å². The number of rotatable bonds is 3. The Hall–Kier alpha value is -1.45. The molecular weight excluding hydrogens is 178 g/mol. The van der Waals surface area contributed by atoms with E-state index in [1.54, 1.807) is 6.92 Å². The number of hydrogen-bond acceptors (Lipinski definition) is 2. The molecule has 70 valence electrons. The summed E-state index contributed by atoms with van der Waals surface area (Å²) in [5.41, 5.74) is 0.459. The van der Waals surface area contributed by atoms with E-state index in [9.17, 15) is 13.6 Å². The number of benzene rings is 1. The molecule has 0 spiro atoms. The number of hydrogen-bond donors (Lipinski definition) is 0. The van der Waals surface area contributed by atoms with Crippen LogP contribution in [0.25, 0.3) is 0 Å². The highest BCUT2D eigenvalue weighted by Crippen LogP contribution is 2.20. The number of halogens is 2. The van der Waals surface area contributed by atoms with Crippen molar-refractivity contribution in [3.8, 4) is 5.75 Å². The zero-order chi connectivity index (χ0) is 9.84. The van der Waals surface area contributed by atoms with Crippen LogP contribution in [-0.4, -0.2) is 12.9 Å². The van der Waals surface area contributed by atoms with Crippen molar-refractivity contribution in [2.24, 2.45) is 0 Å². The lowest BCUT2D eigenvalue weighted by atomic mass is 10.2. The van der Waals surface area contributed by atoms with Gasteiger partial charge in [0.1, 0.15) is 12.4 Å². The van der Waals surface area contributed by atoms with E-state index in [0.29, 0.717) is 11.8 Å². The Bertz CT molecular complexity index is 324. The molecular formula is C9H8F2O2. The third-order valence-corrected chi connectivity index (χ3v) is 1.52. The van der Waals surface area contributed by atoms with Gasteiger partial charge in [0.15, 0.2) is 17.9 Å². The highest BCUT2D eigenvalue weighted by Gasteiger charge is 2.07. The van der Waals surface area contributed by atoms with E-state index in [1.165, 1.54) is 0 Å². The fraction of sp³-hybridized carbons (Fsp3) is 0.222. The summed E-state index contributed by atoms with van der Waals surface area (Å²) in [5.74, 6) is -1.71. The van der Waals surface area contributed by atoms with Gasteiger partial charge in [0.2, 0.25) is 0 Å². The molecule has 1 aromatic rings. The number of carbonyl (C=O) groups is 1. The monoisotopic (exact) mass is 186 g/mol. The first-order chi connectivity index (χ1) is 6.15. The largest absolute Gasteiger partial charge is 0.486 e. The van der Waals surface area contributed by atoms with Gasteiger partial charge in [-0.25, -0.2) is 8.78 Å². The molecule has 0 saturated carbocycles. The third kappa shape index (κ3) is 2.24. The van der Waals surface area contributed by atoms with Crippen molar-refractivity contribution >= 4 is 6.29 Å². The van der Waals surface area contributed by atoms with Gasteiger partial charge < -0.3 is 4.74 Å². The van der Waals surface area contributed by atoms with E-state index in [4.69, 9.17) is 4.74 Å². The fourth-order valence-corrected chi connectivity index (χ4v) is 0.907. The standard InChI is InChI=1S/C9H8F2O2/c1-6-4-7(10)8(11)5-9(6)13-3-2-12/h2,4-5H,3H2,1H3. The van der Waals surface area contributed by atoms with Gasteiger partial charge in [0.25, 0.3) is 0 Å². The molecule has 0 aliphatic heterocycles. The minimum absolute atomic E-state index is 0.161.